The maximum Gasteiger partial charge on any atom is 0.328 e. The van der Waals surface area contributed by atoms with E-state index in [0.29, 0.717) is 48.2 Å². The lowest BCUT2D eigenvalue weighted by Gasteiger charge is -2.29. The summed E-state index contributed by atoms with van der Waals surface area (Å²) in [6, 6.07) is 13.6. The van der Waals surface area contributed by atoms with Crippen LogP contribution in [0.2, 0.25) is 5.02 Å². The molecule has 4 aromatic rings. The number of amides is 2. The van der Waals surface area contributed by atoms with Crippen molar-refractivity contribution in [2.24, 2.45) is 0 Å². The summed E-state index contributed by atoms with van der Waals surface area (Å²) in [6.45, 7) is 1.73. The number of hydrogen-bond donors (Lipinski definition) is 1. The predicted octanol–water partition coefficient (Wildman–Crippen LogP) is 5.02. The zero-order valence-electron chi connectivity index (χ0n) is 29.4. The molecule has 0 aliphatic carbocycles. The summed E-state index contributed by atoms with van der Waals surface area (Å²) in [7, 11) is 1.07. The number of ether oxygens (including phenoxy) is 3. The second kappa shape index (κ2) is 15.8. The summed E-state index contributed by atoms with van der Waals surface area (Å²) in [5.74, 6) is -4.82. The first-order chi connectivity index (χ1) is 26.0. The minimum Gasteiger partial charge on any atom is -0.473 e. The van der Waals surface area contributed by atoms with Gasteiger partial charge in [0.1, 0.15) is 24.3 Å². The molecule has 2 amide bonds. The third-order valence-electron chi connectivity index (χ3n) is 9.83. The van der Waals surface area contributed by atoms with Crippen molar-refractivity contribution in [3.8, 4) is 5.88 Å². The first-order valence-electron chi connectivity index (χ1n) is 17.6. The van der Waals surface area contributed by atoms with E-state index in [4.69, 9.17) is 26.1 Å². The Morgan fingerprint density at radius 1 is 1.11 bits per heavy atom. The number of imidazole rings is 1. The number of carbonyl (C=O) groups is 3. The van der Waals surface area contributed by atoms with Gasteiger partial charge in [-0.25, -0.2) is 27.9 Å². The molecule has 5 heterocycles. The van der Waals surface area contributed by atoms with Crippen LogP contribution in [0.3, 0.4) is 0 Å². The molecule has 12 nitrogen and oxygen atoms in total. The summed E-state index contributed by atoms with van der Waals surface area (Å²) in [4.78, 5) is 50.5. The summed E-state index contributed by atoms with van der Waals surface area (Å²) in [6.07, 6.45) is 2.99. The van der Waals surface area contributed by atoms with Crippen LogP contribution in [0.1, 0.15) is 46.7 Å². The van der Waals surface area contributed by atoms with E-state index in [2.05, 4.69) is 30.6 Å². The van der Waals surface area contributed by atoms with E-state index < -0.39 is 55.1 Å². The molecule has 1 N–H and O–H groups in total. The predicted molar refractivity (Wildman–Crippen MR) is 191 cm³/mol. The van der Waals surface area contributed by atoms with Gasteiger partial charge in [-0.3, -0.25) is 14.5 Å². The highest BCUT2D eigenvalue weighted by molar-refractivity contribution is 6.30. The van der Waals surface area contributed by atoms with Crippen LogP contribution in [0.5, 0.6) is 5.88 Å². The van der Waals surface area contributed by atoms with Crippen molar-refractivity contribution < 1.29 is 41.8 Å². The smallest absolute Gasteiger partial charge is 0.328 e. The lowest BCUT2D eigenvalue weighted by atomic mass is 10.0. The number of carbonyl (C=O) groups excluding carboxylic acids is 3. The van der Waals surface area contributed by atoms with E-state index in [9.17, 15) is 27.6 Å². The van der Waals surface area contributed by atoms with Crippen molar-refractivity contribution in [2.75, 3.05) is 39.9 Å². The van der Waals surface area contributed by atoms with Gasteiger partial charge in [-0.2, -0.15) is 0 Å². The first-order valence-corrected chi connectivity index (χ1v) is 17.9. The van der Waals surface area contributed by atoms with Gasteiger partial charge in [0.15, 0.2) is 0 Å². The van der Waals surface area contributed by atoms with Gasteiger partial charge in [0, 0.05) is 48.3 Å². The zero-order valence-corrected chi connectivity index (χ0v) is 30.2. The van der Waals surface area contributed by atoms with Crippen LogP contribution < -0.4 is 10.1 Å². The van der Waals surface area contributed by atoms with Crippen LogP contribution >= 0.6 is 11.6 Å². The van der Waals surface area contributed by atoms with Gasteiger partial charge < -0.3 is 29.0 Å². The number of aromatic nitrogens is 3. The van der Waals surface area contributed by atoms with Crippen LogP contribution in [-0.2, 0) is 38.8 Å². The largest absolute Gasteiger partial charge is 0.473 e. The molecule has 0 bridgehead atoms. The molecular weight excluding hydrogens is 729 g/mol. The van der Waals surface area contributed by atoms with Crippen molar-refractivity contribution in [3.05, 3.63) is 94.2 Å². The number of fused-ring (bicyclic) bond motifs is 1. The van der Waals surface area contributed by atoms with Gasteiger partial charge in [0.05, 0.1) is 56.1 Å². The topological polar surface area (TPSA) is 128 Å². The number of halogens is 4. The van der Waals surface area contributed by atoms with Crippen molar-refractivity contribution in [1.82, 2.24) is 29.7 Å². The molecule has 3 aliphatic heterocycles. The number of alkyl halides is 2. The average Bonchev–Trinajstić information content (AvgIpc) is 3.66. The van der Waals surface area contributed by atoms with Crippen molar-refractivity contribution in [3.63, 3.8) is 0 Å². The molecule has 3 aliphatic rings. The number of likely N-dealkylation sites (tertiary alicyclic amines) is 1. The van der Waals surface area contributed by atoms with E-state index in [0.717, 1.165) is 54.0 Å². The molecule has 2 saturated heterocycles. The van der Waals surface area contributed by atoms with Crippen molar-refractivity contribution in [2.45, 2.75) is 57.0 Å². The molecule has 7 rings (SSSR count). The number of benzene rings is 2. The summed E-state index contributed by atoms with van der Waals surface area (Å²) in [5, 5.41) is 2.81. The Balaban J connectivity index is 1.01. The first kappa shape index (κ1) is 37.3. The Labute approximate surface area is 313 Å². The lowest BCUT2D eigenvalue weighted by Crippen LogP contribution is -2.46. The molecule has 2 fully saturated rings. The van der Waals surface area contributed by atoms with E-state index in [-0.39, 0.29) is 18.3 Å². The molecule has 2 aromatic carbocycles. The average molecular weight is 767 g/mol. The number of nitrogens with one attached hydrogen (secondary N) is 1. The van der Waals surface area contributed by atoms with Gasteiger partial charge in [-0.05, 0) is 54.8 Å². The molecule has 0 spiro atoms. The number of methoxy groups -OCH3 is 1. The van der Waals surface area contributed by atoms with Crippen molar-refractivity contribution in [1.29, 1.82) is 0 Å². The minimum atomic E-state index is -3.24. The standard InChI is InChI=1S/C38H38ClF3N6O6/c1-52-37(51)32-17-38(41,42)22-48(32)35(49)18-43-36(50)24-6-8-31-30(15-24)44-33(47(31)19-27-11-14-53-27)20-46-12-9-23(10-13-46)29-3-2-4-34(45-29)54-21-25-5-7-26(39)16-28(25)40/h2-9,15-16,27,32H,10-14,17-22H2,1H3,(H,43,50)/t27-,32-/m0/s1. The second-order valence-corrected chi connectivity index (χ2v) is 14.0. The molecule has 16 heteroatoms. The highest BCUT2D eigenvalue weighted by Crippen LogP contribution is 2.33. The Bertz CT molecular complexity index is 2110. The molecule has 2 atom stereocenters. The molecule has 54 heavy (non-hydrogen) atoms. The Kier molecular flexibility index (Phi) is 10.9. The number of rotatable bonds is 12. The zero-order chi connectivity index (χ0) is 38.0. The number of nitrogens with zero attached hydrogens (tertiary/aromatic N) is 5. The van der Waals surface area contributed by atoms with Gasteiger partial charge in [-0.15, -0.1) is 0 Å². The maximum absolute atomic E-state index is 14.2. The summed E-state index contributed by atoms with van der Waals surface area (Å²) >= 11 is 5.86. The Morgan fingerprint density at radius 2 is 1.94 bits per heavy atom. The maximum atomic E-state index is 14.2. The highest BCUT2D eigenvalue weighted by Gasteiger charge is 2.50. The van der Waals surface area contributed by atoms with Crippen LogP contribution in [0.25, 0.3) is 16.6 Å². The fourth-order valence-corrected chi connectivity index (χ4v) is 6.97. The van der Waals surface area contributed by atoms with Gasteiger partial charge in [0.2, 0.25) is 11.8 Å². The number of pyridine rings is 1. The van der Waals surface area contributed by atoms with E-state index in [1.54, 1.807) is 36.4 Å². The fraction of sp³-hybridized carbons (Fsp3) is 0.395. The highest BCUT2D eigenvalue weighted by atomic mass is 35.5. The number of hydrogen-bond acceptors (Lipinski definition) is 9. The second-order valence-electron chi connectivity index (χ2n) is 13.5. The van der Waals surface area contributed by atoms with Crippen LogP contribution in [-0.4, -0.2) is 100 Å². The lowest BCUT2D eigenvalue weighted by molar-refractivity contribution is -0.150. The molecule has 2 aromatic heterocycles. The summed E-state index contributed by atoms with van der Waals surface area (Å²) < 4.78 is 60.6. The van der Waals surface area contributed by atoms with E-state index >= 15 is 0 Å². The van der Waals surface area contributed by atoms with Gasteiger partial charge in [0.25, 0.3) is 11.8 Å². The van der Waals surface area contributed by atoms with E-state index in [1.807, 2.05) is 12.1 Å². The third-order valence-corrected chi connectivity index (χ3v) is 10.1. The van der Waals surface area contributed by atoms with Crippen molar-refractivity contribution >= 4 is 46.0 Å². The van der Waals surface area contributed by atoms with Crippen LogP contribution in [0.15, 0.2) is 60.7 Å². The van der Waals surface area contributed by atoms with Gasteiger partial charge >= 0.3 is 5.97 Å². The molecular formula is C38H38ClF3N6O6. The van der Waals surface area contributed by atoms with Crippen LogP contribution in [0.4, 0.5) is 13.2 Å². The van der Waals surface area contributed by atoms with Crippen LogP contribution in [0, 0.1) is 5.82 Å². The Hall–Kier alpha value is -4.99. The van der Waals surface area contributed by atoms with Gasteiger partial charge in [-0.1, -0.05) is 29.8 Å². The molecule has 0 radical (unpaired) electrons. The Morgan fingerprint density at radius 3 is 2.67 bits per heavy atom. The quantitative estimate of drug-likeness (QED) is 0.198. The molecule has 0 saturated carbocycles. The SMILES string of the molecule is COC(=O)[C@@H]1CC(F)(F)CN1C(=O)CNC(=O)c1ccc2c(c1)nc(CN1CC=C(c3cccc(OCc4ccc(Cl)cc4F)n3)CC1)n2C[C@@H]1CCO1. The monoisotopic (exact) mass is 766 g/mol. The fourth-order valence-electron chi connectivity index (χ4n) is 6.81. The summed E-state index contributed by atoms with van der Waals surface area (Å²) in [5.41, 5.74) is 3.88. The third kappa shape index (κ3) is 8.37. The molecule has 0 unspecified atom stereocenters. The molecule has 284 valence electrons. The number of esters is 1. The minimum absolute atomic E-state index is 0.0202. The normalized spacial score (nSPS) is 19.6. The van der Waals surface area contributed by atoms with E-state index in [1.165, 1.54) is 6.07 Å².